The van der Waals surface area contributed by atoms with E-state index in [0.29, 0.717) is 5.69 Å². The van der Waals surface area contributed by atoms with E-state index in [2.05, 4.69) is 22.8 Å². The highest BCUT2D eigenvalue weighted by atomic mass is 16.2. The van der Waals surface area contributed by atoms with Crippen LogP contribution in [-0.2, 0) is 4.79 Å². The van der Waals surface area contributed by atoms with Crippen molar-refractivity contribution in [1.29, 1.82) is 0 Å². The number of aromatic nitrogens is 1. The van der Waals surface area contributed by atoms with Gasteiger partial charge >= 0.3 is 0 Å². The van der Waals surface area contributed by atoms with Gasteiger partial charge in [0.05, 0.1) is 0 Å². The molecule has 2 amide bonds. The van der Waals surface area contributed by atoms with E-state index in [0.717, 1.165) is 25.7 Å². The highest BCUT2D eigenvalue weighted by Crippen LogP contribution is 2.12. The van der Waals surface area contributed by atoms with Crippen molar-refractivity contribution in [2.75, 3.05) is 0 Å². The summed E-state index contributed by atoms with van der Waals surface area (Å²) in [5.41, 5.74) is 5.31. The fourth-order valence-corrected chi connectivity index (χ4v) is 1.73. The van der Waals surface area contributed by atoms with Gasteiger partial charge in [-0.15, -0.1) is 0 Å². The molecule has 0 saturated carbocycles. The minimum Gasteiger partial charge on any atom is -0.357 e. The lowest BCUT2D eigenvalue weighted by Gasteiger charge is -2.14. The number of hydrazine groups is 1. The minimum atomic E-state index is -0.335. The summed E-state index contributed by atoms with van der Waals surface area (Å²) in [5.74, 6) is -0.488. The highest BCUT2D eigenvalue weighted by Gasteiger charge is 2.16. The number of nitrogens with one attached hydrogen (secondary N) is 3. The van der Waals surface area contributed by atoms with Crippen LogP contribution in [0.4, 0.5) is 0 Å². The van der Waals surface area contributed by atoms with E-state index < -0.39 is 0 Å². The second kappa shape index (κ2) is 7.53. The third-order valence-corrected chi connectivity index (χ3v) is 2.91. The lowest BCUT2D eigenvalue weighted by atomic mass is 9.99. The fraction of sp³-hybridized carbons (Fsp3) is 0.538. The molecule has 1 atom stereocenters. The Morgan fingerprint density at radius 3 is 2.67 bits per heavy atom. The topological polar surface area (TPSA) is 74.0 Å². The molecule has 1 rings (SSSR count). The van der Waals surface area contributed by atoms with Crippen LogP contribution < -0.4 is 10.9 Å². The number of H-pyrrole nitrogens is 1. The zero-order chi connectivity index (χ0) is 13.4. The van der Waals surface area contributed by atoms with Gasteiger partial charge in [-0.3, -0.25) is 20.4 Å². The van der Waals surface area contributed by atoms with E-state index >= 15 is 0 Å². The number of unbranched alkanes of at least 4 members (excludes halogenated alkanes) is 1. The molecule has 5 heteroatoms. The van der Waals surface area contributed by atoms with Crippen molar-refractivity contribution in [2.45, 2.75) is 39.5 Å². The maximum atomic E-state index is 11.8. The predicted molar refractivity (Wildman–Crippen MR) is 69.7 cm³/mol. The van der Waals surface area contributed by atoms with E-state index in [-0.39, 0.29) is 17.7 Å². The summed E-state index contributed by atoms with van der Waals surface area (Å²) in [6.45, 7) is 4.07. The molecular weight excluding hydrogens is 230 g/mol. The number of amides is 2. The summed E-state index contributed by atoms with van der Waals surface area (Å²) in [7, 11) is 0. The molecule has 18 heavy (non-hydrogen) atoms. The summed E-state index contributed by atoms with van der Waals surface area (Å²) in [6.07, 6.45) is 5.39. The van der Waals surface area contributed by atoms with E-state index in [1.807, 2.05) is 6.92 Å². The van der Waals surface area contributed by atoms with Crippen molar-refractivity contribution < 1.29 is 9.59 Å². The molecule has 5 nitrogen and oxygen atoms in total. The monoisotopic (exact) mass is 251 g/mol. The zero-order valence-electron chi connectivity index (χ0n) is 11.0. The molecule has 0 aliphatic carbocycles. The van der Waals surface area contributed by atoms with Gasteiger partial charge in [-0.05, 0) is 25.0 Å². The third-order valence-electron chi connectivity index (χ3n) is 2.91. The molecule has 0 bridgehead atoms. The minimum absolute atomic E-state index is 0.0334. The molecule has 0 fully saturated rings. The van der Waals surface area contributed by atoms with Crippen LogP contribution >= 0.6 is 0 Å². The Kier molecular flexibility index (Phi) is 5.97. The van der Waals surface area contributed by atoms with E-state index in [9.17, 15) is 9.59 Å². The van der Waals surface area contributed by atoms with Gasteiger partial charge in [0.1, 0.15) is 5.69 Å². The summed E-state index contributed by atoms with van der Waals surface area (Å²) >= 11 is 0. The maximum absolute atomic E-state index is 11.8. The number of hydrogen-bond acceptors (Lipinski definition) is 2. The molecule has 0 aliphatic rings. The van der Waals surface area contributed by atoms with Gasteiger partial charge in [0.15, 0.2) is 0 Å². The first kappa shape index (κ1) is 14.3. The van der Waals surface area contributed by atoms with Gasteiger partial charge < -0.3 is 4.98 Å². The quantitative estimate of drug-likeness (QED) is 0.676. The molecule has 100 valence electrons. The van der Waals surface area contributed by atoms with Crippen molar-refractivity contribution in [3.63, 3.8) is 0 Å². The van der Waals surface area contributed by atoms with Crippen molar-refractivity contribution in [3.8, 4) is 0 Å². The highest BCUT2D eigenvalue weighted by molar-refractivity contribution is 5.93. The first-order chi connectivity index (χ1) is 8.69. The second-order valence-corrected chi connectivity index (χ2v) is 4.27. The molecule has 1 unspecified atom stereocenters. The number of rotatable bonds is 6. The Hall–Kier alpha value is -1.78. The molecule has 3 N–H and O–H groups in total. The molecule has 1 heterocycles. The van der Waals surface area contributed by atoms with Crippen LogP contribution in [0.3, 0.4) is 0 Å². The second-order valence-electron chi connectivity index (χ2n) is 4.27. The Morgan fingerprint density at radius 2 is 2.11 bits per heavy atom. The summed E-state index contributed by atoms with van der Waals surface area (Å²) in [5, 5.41) is 0. The van der Waals surface area contributed by atoms with Gasteiger partial charge in [0.2, 0.25) is 5.91 Å². The fourth-order valence-electron chi connectivity index (χ4n) is 1.73. The zero-order valence-corrected chi connectivity index (χ0v) is 11.0. The molecule has 0 aliphatic heterocycles. The van der Waals surface area contributed by atoms with Crippen molar-refractivity contribution >= 4 is 11.8 Å². The Morgan fingerprint density at radius 1 is 1.33 bits per heavy atom. The number of carbonyl (C=O) groups is 2. The van der Waals surface area contributed by atoms with Crippen LogP contribution in [0.5, 0.6) is 0 Å². The molecule has 0 saturated heterocycles. The lowest BCUT2D eigenvalue weighted by Crippen LogP contribution is -2.44. The van der Waals surface area contributed by atoms with Crippen molar-refractivity contribution in [2.24, 2.45) is 5.92 Å². The van der Waals surface area contributed by atoms with Crippen LogP contribution in [-0.4, -0.2) is 16.8 Å². The van der Waals surface area contributed by atoms with E-state index in [1.54, 1.807) is 18.3 Å². The Bertz CT molecular complexity index is 374. The summed E-state index contributed by atoms with van der Waals surface area (Å²) in [4.78, 5) is 26.2. The van der Waals surface area contributed by atoms with E-state index in [1.165, 1.54) is 0 Å². The molecule has 0 radical (unpaired) electrons. The van der Waals surface area contributed by atoms with E-state index in [4.69, 9.17) is 0 Å². The summed E-state index contributed by atoms with van der Waals surface area (Å²) in [6, 6.07) is 3.38. The van der Waals surface area contributed by atoms with Crippen LogP contribution in [0, 0.1) is 5.92 Å². The third kappa shape index (κ3) is 4.24. The first-order valence-electron chi connectivity index (χ1n) is 6.42. The van der Waals surface area contributed by atoms with Gasteiger partial charge in [-0.2, -0.15) is 0 Å². The smallest absolute Gasteiger partial charge is 0.286 e. The average Bonchev–Trinajstić information content (AvgIpc) is 2.90. The normalized spacial score (nSPS) is 11.9. The molecule has 0 spiro atoms. The van der Waals surface area contributed by atoms with Crippen molar-refractivity contribution in [1.82, 2.24) is 15.8 Å². The van der Waals surface area contributed by atoms with Crippen LogP contribution in [0.1, 0.15) is 50.0 Å². The SMILES string of the molecule is CCCCC(CC)C(=O)NNC(=O)c1ccc[nH]1. The number of aromatic amines is 1. The largest absolute Gasteiger partial charge is 0.357 e. The first-order valence-corrected chi connectivity index (χ1v) is 6.42. The molecule has 1 aromatic heterocycles. The molecular formula is C13H21N3O2. The van der Waals surface area contributed by atoms with Crippen molar-refractivity contribution in [3.05, 3.63) is 24.0 Å². The van der Waals surface area contributed by atoms with Gasteiger partial charge in [0, 0.05) is 12.1 Å². The predicted octanol–water partition coefficient (Wildman–Crippen LogP) is 1.99. The standard InChI is InChI=1S/C13H21N3O2/c1-3-5-7-10(4-2)12(17)15-16-13(18)11-8-6-9-14-11/h6,8-10,14H,3-5,7H2,1-2H3,(H,15,17)(H,16,18). The summed E-state index contributed by atoms with van der Waals surface area (Å²) < 4.78 is 0. The Balaban J connectivity index is 2.37. The average molecular weight is 251 g/mol. The van der Waals surface area contributed by atoms with Gasteiger partial charge in [-0.25, -0.2) is 0 Å². The van der Waals surface area contributed by atoms with Crippen LogP contribution in [0.15, 0.2) is 18.3 Å². The van der Waals surface area contributed by atoms with Gasteiger partial charge in [-0.1, -0.05) is 26.7 Å². The Labute approximate surface area is 107 Å². The lowest BCUT2D eigenvalue weighted by molar-refractivity contribution is -0.126. The molecule has 1 aromatic rings. The number of hydrogen-bond donors (Lipinski definition) is 3. The van der Waals surface area contributed by atoms with Gasteiger partial charge in [0.25, 0.3) is 5.91 Å². The number of carbonyl (C=O) groups excluding carboxylic acids is 2. The maximum Gasteiger partial charge on any atom is 0.286 e. The molecule has 0 aromatic carbocycles. The van der Waals surface area contributed by atoms with Crippen LogP contribution in [0.2, 0.25) is 0 Å². The van der Waals surface area contributed by atoms with Crippen LogP contribution in [0.25, 0.3) is 0 Å².